The van der Waals surface area contributed by atoms with Crippen molar-refractivity contribution in [2.75, 3.05) is 5.32 Å². The standard InChI is InChI=1S/C20H14ClFN4OS/c1-12-23-10-17(25-19(27)18-14(21)8-5-9-15(18)22)26(12)20-24-16(11-28-20)13-6-3-2-4-7-13/h2-11H,1H3,(H,25,27). The summed E-state index contributed by atoms with van der Waals surface area (Å²) in [5.41, 5.74) is 1.60. The number of carbonyl (C=O) groups is 1. The molecular formula is C20H14ClFN4OS. The number of thiazole rings is 1. The molecule has 28 heavy (non-hydrogen) atoms. The van der Waals surface area contributed by atoms with Crippen molar-refractivity contribution in [2.24, 2.45) is 0 Å². The zero-order valence-electron chi connectivity index (χ0n) is 14.7. The Morgan fingerprint density at radius 3 is 2.71 bits per heavy atom. The minimum absolute atomic E-state index is 0.0425. The van der Waals surface area contributed by atoms with Gasteiger partial charge < -0.3 is 5.32 Å². The summed E-state index contributed by atoms with van der Waals surface area (Å²) in [6.45, 7) is 1.80. The molecule has 2 heterocycles. The number of hydrogen-bond donors (Lipinski definition) is 1. The highest BCUT2D eigenvalue weighted by Crippen LogP contribution is 2.28. The monoisotopic (exact) mass is 412 g/mol. The van der Waals surface area contributed by atoms with Gasteiger partial charge in [0.25, 0.3) is 5.91 Å². The molecule has 1 N–H and O–H groups in total. The quantitative estimate of drug-likeness (QED) is 0.491. The molecule has 4 rings (SSSR count). The van der Waals surface area contributed by atoms with E-state index in [0.717, 1.165) is 11.3 Å². The third-order valence-corrected chi connectivity index (χ3v) is 5.26. The molecule has 2 aromatic carbocycles. The molecule has 0 aliphatic heterocycles. The number of benzene rings is 2. The number of imidazole rings is 1. The van der Waals surface area contributed by atoms with Gasteiger partial charge in [0.2, 0.25) is 0 Å². The lowest BCUT2D eigenvalue weighted by Gasteiger charge is -2.10. The molecule has 0 spiro atoms. The van der Waals surface area contributed by atoms with Gasteiger partial charge in [0.15, 0.2) is 5.13 Å². The van der Waals surface area contributed by atoms with Gasteiger partial charge in [-0.1, -0.05) is 48.0 Å². The molecule has 0 unspecified atom stereocenters. The van der Waals surface area contributed by atoms with Crippen molar-refractivity contribution in [1.82, 2.24) is 14.5 Å². The number of hydrogen-bond acceptors (Lipinski definition) is 4. The van der Waals surface area contributed by atoms with Gasteiger partial charge in [0.1, 0.15) is 17.5 Å². The van der Waals surface area contributed by atoms with Gasteiger partial charge in [-0.05, 0) is 19.1 Å². The SMILES string of the molecule is Cc1ncc(NC(=O)c2c(F)cccc2Cl)n1-c1nc(-c2ccccc2)cs1. The van der Waals surface area contributed by atoms with Crippen LogP contribution < -0.4 is 5.32 Å². The molecule has 0 fully saturated rings. The zero-order valence-corrected chi connectivity index (χ0v) is 16.3. The fourth-order valence-corrected chi connectivity index (χ4v) is 3.92. The average molecular weight is 413 g/mol. The first-order valence-electron chi connectivity index (χ1n) is 8.35. The second-order valence-corrected chi connectivity index (χ2v) is 7.20. The summed E-state index contributed by atoms with van der Waals surface area (Å²) in [4.78, 5) is 21.5. The topological polar surface area (TPSA) is 59.8 Å². The Hall–Kier alpha value is -3.03. The third kappa shape index (κ3) is 3.42. The van der Waals surface area contributed by atoms with E-state index in [2.05, 4.69) is 15.3 Å². The van der Waals surface area contributed by atoms with Crippen LogP contribution in [0.15, 0.2) is 60.1 Å². The van der Waals surface area contributed by atoms with Crippen LogP contribution in [0.2, 0.25) is 5.02 Å². The summed E-state index contributed by atoms with van der Waals surface area (Å²) in [7, 11) is 0. The molecule has 0 bridgehead atoms. The lowest BCUT2D eigenvalue weighted by molar-refractivity contribution is 0.102. The molecule has 5 nitrogen and oxygen atoms in total. The van der Waals surface area contributed by atoms with Gasteiger partial charge in [0.05, 0.1) is 22.5 Å². The van der Waals surface area contributed by atoms with E-state index in [9.17, 15) is 9.18 Å². The van der Waals surface area contributed by atoms with E-state index in [1.54, 1.807) is 11.5 Å². The van der Waals surface area contributed by atoms with E-state index in [1.165, 1.54) is 35.7 Å². The summed E-state index contributed by atoms with van der Waals surface area (Å²) in [5, 5.41) is 5.30. The number of anilines is 1. The third-order valence-electron chi connectivity index (χ3n) is 4.12. The minimum atomic E-state index is -0.687. The van der Waals surface area contributed by atoms with E-state index in [1.807, 2.05) is 35.7 Å². The molecular weight excluding hydrogens is 399 g/mol. The van der Waals surface area contributed by atoms with Gasteiger partial charge in [0, 0.05) is 10.9 Å². The number of nitrogens with zero attached hydrogens (tertiary/aromatic N) is 3. The Morgan fingerprint density at radius 1 is 1.18 bits per heavy atom. The summed E-state index contributed by atoms with van der Waals surface area (Å²) in [6, 6.07) is 13.9. The van der Waals surface area contributed by atoms with Crippen LogP contribution in [0.5, 0.6) is 0 Å². The van der Waals surface area contributed by atoms with E-state index < -0.39 is 11.7 Å². The first kappa shape index (κ1) is 18.3. The van der Waals surface area contributed by atoms with Crippen molar-refractivity contribution >= 4 is 34.7 Å². The van der Waals surface area contributed by atoms with Crippen molar-refractivity contribution in [2.45, 2.75) is 6.92 Å². The van der Waals surface area contributed by atoms with Crippen LogP contribution >= 0.6 is 22.9 Å². The predicted octanol–water partition coefficient (Wildman–Crippen LogP) is 5.35. The fraction of sp³-hybridized carbons (Fsp3) is 0.0500. The fourth-order valence-electron chi connectivity index (χ4n) is 2.78. The van der Waals surface area contributed by atoms with Crippen LogP contribution in [0.25, 0.3) is 16.4 Å². The smallest absolute Gasteiger partial charge is 0.261 e. The van der Waals surface area contributed by atoms with E-state index in [-0.39, 0.29) is 10.6 Å². The molecule has 1 amide bonds. The Morgan fingerprint density at radius 2 is 1.96 bits per heavy atom. The molecule has 0 saturated heterocycles. The summed E-state index contributed by atoms with van der Waals surface area (Å²) >= 11 is 7.41. The maximum Gasteiger partial charge on any atom is 0.261 e. The molecule has 0 aliphatic rings. The van der Waals surface area contributed by atoms with E-state index >= 15 is 0 Å². The van der Waals surface area contributed by atoms with Gasteiger partial charge in [-0.25, -0.2) is 14.4 Å². The number of halogens is 2. The summed E-state index contributed by atoms with van der Waals surface area (Å²) < 4.78 is 15.8. The van der Waals surface area contributed by atoms with Crippen molar-refractivity contribution < 1.29 is 9.18 Å². The van der Waals surface area contributed by atoms with Crippen molar-refractivity contribution in [1.29, 1.82) is 0 Å². The number of rotatable bonds is 4. The van der Waals surface area contributed by atoms with Crippen LogP contribution in [-0.2, 0) is 0 Å². The highest BCUT2D eigenvalue weighted by atomic mass is 35.5. The number of amides is 1. The number of aryl methyl sites for hydroxylation is 1. The maximum atomic E-state index is 14.0. The Bertz CT molecular complexity index is 1140. The minimum Gasteiger partial charge on any atom is -0.306 e. The molecule has 2 aromatic heterocycles. The van der Waals surface area contributed by atoms with Crippen LogP contribution in [0, 0.1) is 12.7 Å². The van der Waals surface area contributed by atoms with E-state index in [0.29, 0.717) is 16.8 Å². The predicted molar refractivity (Wildman–Crippen MR) is 109 cm³/mol. The second kappa shape index (κ2) is 7.53. The lowest BCUT2D eigenvalue weighted by Crippen LogP contribution is -2.17. The lowest BCUT2D eigenvalue weighted by atomic mass is 10.2. The van der Waals surface area contributed by atoms with Gasteiger partial charge in [-0.2, -0.15) is 0 Å². The number of nitrogens with one attached hydrogen (secondary N) is 1. The van der Waals surface area contributed by atoms with Crippen molar-refractivity contribution in [3.05, 3.63) is 82.3 Å². The largest absolute Gasteiger partial charge is 0.306 e. The Balaban J connectivity index is 1.67. The van der Waals surface area contributed by atoms with Crippen molar-refractivity contribution in [3.63, 3.8) is 0 Å². The van der Waals surface area contributed by atoms with Crippen LogP contribution in [0.3, 0.4) is 0 Å². The number of aromatic nitrogens is 3. The normalized spacial score (nSPS) is 10.8. The number of carbonyl (C=O) groups excluding carboxylic acids is 1. The average Bonchev–Trinajstić information content (AvgIpc) is 3.29. The molecule has 0 atom stereocenters. The molecule has 140 valence electrons. The van der Waals surface area contributed by atoms with Gasteiger partial charge in [-0.3, -0.25) is 9.36 Å². The Kier molecular flexibility index (Phi) is 4.93. The molecule has 0 saturated carbocycles. The molecule has 4 aromatic rings. The van der Waals surface area contributed by atoms with Crippen LogP contribution in [-0.4, -0.2) is 20.4 Å². The van der Waals surface area contributed by atoms with Crippen LogP contribution in [0.4, 0.5) is 10.2 Å². The molecule has 0 radical (unpaired) electrons. The summed E-state index contributed by atoms with van der Waals surface area (Å²) in [6.07, 6.45) is 1.51. The van der Waals surface area contributed by atoms with Gasteiger partial charge >= 0.3 is 0 Å². The van der Waals surface area contributed by atoms with Crippen molar-refractivity contribution in [3.8, 4) is 16.4 Å². The Labute approximate surface area is 169 Å². The summed E-state index contributed by atoms with van der Waals surface area (Å²) in [5.74, 6) is -0.308. The highest BCUT2D eigenvalue weighted by Gasteiger charge is 2.20. The maximum absolute atomic E-state index is 14.0. The van der Waals surface area contributed by atoms with Crippen LogP contribution in [0.1, 0.15) is 16.2 Å². The first-order chi connectivity index (χ1) is 13.5. The first-order valence-corrected chi connectivity index (χ1v) is 9.61. The highest BCUT2D eigenvalue weighted by molar-refractivity contribution is 7.12. The zero-order chi connectivity index (χ0) is 19.7. The molecule has 0 aliphatic carbocycles. The second-order valence-electron chi connectivity index (χ2n) is 5.96. The molecule has 8 heteroatoms. The van der Waals surface area contributed by atoms with Gasteiger partial charge in [-0.15, -0.1) is 11.3 Å². The van der Waals surface area contributed by atoms with E-state index in [4.69, 9.17) is 11.6 Å².